The summed E-state index contributed by atoms with van der Waals surface area (Å²) in [6.07, 6.45) is -29.9. The van der Waals surface area contributed by atoms with Crippen molar-refractivity contribution in [3.05, 3.63) is 0 Å². The molecule has 0 amide bonds. The molecule has 0 radical (unpaired) electrons. The van der Waals surface area contributed by atoms with E-state index >= 15 is 0 Å². The van der Waals surface area contributed by atoms with E-state index < -0.39 is 122 Å². The first kappa shape index (κ1) is 32.3. The van der Waals surface area contributed by atoms with E-state index in [1.807, 2.05) is 0 Å². The van der Waals surface area contributed by atoms with Crippen LogP contribution in [-0.4, -0.2) is 175 Å². The average molecular weight is 598 g/mol. The standard InChI is InChI=1S/C18H30O20S/c19-1-3-5(20)13(37-17-9(24)7(22)8(23)14(38-17)15(27)28)11(26)18(35-3)36-12-6(21)4(2-33-39(30,31)32)34-16(29)10(12)25/h3-14,16-26,29H,1-2H2,(H,27,28)(H,30,31,32)/t3-,4-,5+,6+,7+,8+,9-,10-,11-,12+,13+,14+,16-,17-,18+/m1/s1. The van der Waals surface area contributed by atoms with Crippen LogP contribution in [0.2, 0.25) is 0 Å². The quantitative estimate of drug-likeness (QED) is 0.110. The van der Waals surface area contributed by atoms with Gasteiger partial charge < -0.3 is 74.7 Å². The van der Waals surface area contributed by atoms with E-state index in [1.54, 1.807) is 0 Å². The van der Waals surface area contributed by atoms with Crippen LogP contribution in [0, 0.1) is 0 Å². The Hall–Kier alpha value is -1.22. The summed E-state index contributed by atoms with van der Waals surface area (Å²) in [7, 11) is -5.01. The lowest BCUT2D eigenvalue weighted by atomic mass is 9.96. The average Bonchev–Trinajstić information content (AvgIpc) is 2.86. The van der Waals surface area contributed by atoms with Crippen LogP contribution < -0.4 is 0 Å². The van der Waals surface area contributed by atoms with Gasteiger partial charge in [0.1, 0.15) is 67.1 Å². The smallest absolute Gasteiger partial charge is 0.397 e. The molecule has 39 heavy (non-hydrogen) atoms. The van der Waals surface area contributed by atoms with Gasteiger partial charge in [-0.05, 0) is 0 Å². The van der Waals surface area contributed by atoms with E-state index in [4.69, 9.17) is 28.2 Å². The van der Waals surface area contributed by atoms with Crippen molar-refractivity contribution in [1.29, 1.82) is 0 Å². The predicted octanol–water partition coefficient (Wildman–Crippen LogP) is -7.65. The highest BCUT2D eigenvalue weighted by Crippen LogP contribution is 2.32. The zero-order valence-electron chi connectivity index (χ0n) is 19.6. The summed E-state index contributed by atoms with van der Waals surface area (Å²) in [4.78, 5) is 11.3. The molecule has 228 valence electrons. The molecular weight excluding hydrogens is 568 g/mol. The van der Waals surface area contributed by atoms with Crippen molar-refractivity contribution in [1.82, 2.24) is 0 Å². The number of carboxylic acid groups (broad SMARTS) is 1. The minimum absolute atomic E-state index is 0.951. The van der Waals surface area contributed by atoms with Crippen molar-refractivity contribution in [2.24, 2.45) is 0 Å². The van der Waals surface area contributed by atoms with Crippen molar-refractivity contribution in [3.63, 3.8) is 0 Å². The first-order chi connectivity index (χ1) is 18.1. The van der Waals surface area contributed by atoms with Crippen molar-refractivity contribution in [2.75, 3.05) is 13.2 Å². The van der Waals surface area contributed by atoms with Crippen molar-refractivity contribution in [2.45, 2.75) is 92.1 Å². The van der Waals surface area contributed by atoms with Crippen LogP contribution in [0.25, 0.3) is 0 Å². The van der Waals surface area contributed by atoms with Crippen molar-refractivity contribution in [3.8, 4) is 0 Å². The second-order valence-electron chi connectivity index (χ2n) is 8.90. The van der Waals surface area contributed by atoms with E-state index in [2.05, 4.69) is 4.18 Å². The fourth-order valence-corrected chi connectivity index (χ4v) is 4.47. The number of aliphatic hydroxyl groups excluding tert-OH is 9. The third kappa shape index (κ3) is 7.17. The maximum Gasteiger partial charge on any atom is 0.397 e. The van der Waals surface area contributed by atoms with Crippen LogP contribution in [0.5, 0.6) is 0 Å². The zero-order valence-corrected chi connectivity index (χ0v) is 20.4. The van der Waals surface area contributed by atoms with Gasteiger partial charge in [-0.2, -0.15) is 8.42 Å². The molecule has 0 aromatic rings. The Bertz CT molecular complexity index is 934. The Balaban J connectivity index is 1.79. The van der Waals surface area contributed by atoms with Gasteiger partial charge in [-0.15, -0.1) is 0 Å². The highest BCUT2D eigenvalue weighted by atomic mass is 32.3. The Morgan fingerprint density at radius 2 is 1.23 bits per heavy atom. The summed E-state index contributed by atoms with van der Waals surface area (Å²) in [5.74, 6) is -1.75. The fourth-order valence-electron chi connectivity index (χ4n) is 4.17. The molecule has 21 heteroatoms. The van der Waals surface area contributed by atoms with E-state index in [9.17, 15) is 64.3 Å². The van der Waals surface area contributed by atoms with Gasteiger partial charge in [0.25, 0.3) is 0 Å². The lowest BCUT2D eigenvalue weighted by molar-refractivity contribution is -0.377. The normalized spacial score (nSPS) is 47.6. The minimum Gasteiger partial charge on any atom is -0.479 e. The third-order valence-corrected chi connectivity index (χ3v) is 6.69. The molecule has 0 aliphatic carbocycles. The van der Waals surface area contributed by atoms with Gasteiger partial charge in [-0.1, -0.05) is 0 Å². The maximum absolute atomic E-state index is 11.3. The summed E-state index contributed by atoms with van der Waals surface area (Å²) in [5.41, 5.74) is 0. The number of aliphatic hydroxyl groups is 9. The third-order valence-electron chi connectivity index (χ3n) is 6.26. The molecule has 11 N–H and O–H groups in total. The van der Waals surface area contributed by atoms with E-state index in [0.717, 1.165) is 0 Å². The molecule has 3 heterocycles. The summed E-state index contributed by atoms with van der Waals surface area (Å²) in [5, 5.41) is 101. The molecule has 0 bridgehead atoms. The maximum atomic E-state index is 11.3. The highest BCUT2D eigenvalue weighted by molar-refractivity contribution is 7.80. The summed E-state index contributed by atoms with van der Waals surface area (Å²) < 4.78 is 60.2. The SMILES string of the molecule is O=C(O)[C@H]1O[C@@H](O[C@H]2[C@@H](O)[C@@H](CO)O[C@@H](O[C@@H]3[C@@H](O)[C@H](O)O[C@H](COS(=O)(=O)O)[C@@H]3O)[C@@H]2O)[C@H](O)[C@@H](O)[C@@H]1O. The monoisotopic (exact) mass is 598 g/mol. The van der Waals surface area contributed by atoms with Crippen LogP contribution in [0.1, 0.15) is 0 Å². The molecule has 3 rings (SSSR count). The molecule has 3 aliphatic rings. The number of aliphatic carboxylic acids is 1. The Morgan fingerprint density at radius 3 is 1.77 bits per heavy atom. The lowest BCUT2D eigenvalue weighted by Gasteiger charge is -2.47. The molecule has 3 aliphatic heterocycles. The number of hydrogen-bond acceptors (Lipinski definition) is 18. The van der Waals surface area contributed by atoms with Gasteiger partial charge in [0, 0.05) is 0 Å². The van der Waals surface area contributed by atoms with Crippen LogP contribution in [0.4, 0.5) is 0 Å². The van der Waals surface area contributed by atoms with Gasteiger partial charge in [0.15, 0.2) is 25.0 Å². The predicted molar refractivity (Wildman–Crippen MR) is 112 cm³/mol. The first-order valence-electron chi connectivity index (χ1n) is 11.2. The molecular formula is C18H30O20S. The lowest BCUT2D eigenvalue weighted by Crippen LogP contribution is -2.67. The van der Waals surface area contributed by atoms with Crippen molar-refractivity contribution < 1.29 is 96.7 Å². The van der Waals surface area contributed by atoms with Crippen molar-refractivity contribution >= 4 is 16.4 Å². The number of hydrogen-bond donors (Lipinski definition) is 11. The molecule has 0 unspecified atom stereocenters. The number of rotatable bonds is 9. The van der Waals surface area contributed by atoms with Gasteiger partial charge in [-0.25, -0.2) is 8.98 Å². The van der Waals surface area contributed by atoms with Crippen LogP contribution in [0.3, 0.4) is 0 Å². The summed E-state index contributed by atoms with van der Waals surface area (Å²) in [6.45, 7) is -2.01. The molecule has 3 fully saturated rings. The number of carbonyl (C=O) groups is 1. The second-order valence-corrected chi connectivity index (χ2v) is 9.99. The highest BCUT2D eigenvalue weighted by Gasteiger charge is 2.54. The minimum atomic E-state index is -5.01. The second kappa shape index (κ2) is 12.7. The van der Waals surface area contributed by atoms with Gasteiger partial charge in [-0.3, -0.25) is 4.55 Å². The largest absolute Gasteiger partial charge is 0.479 e. The van der Waals surface area contributed by atoms with Gasteiger partial charge >= 0.3 is 16.4 Å². The topological polar surface area (TPSA) is 329 Å². The molecule has 20 nitrogen and oxygen atoms in total. The van der Waals surface area contributed by atoms with Gasteiger partial charge in [0.2, 0.25) is 0 Å². The summed E-state index contributed by atoms with van der Waals surface area (Å²) in [6, 6.07) is 0. The summed E-state index contributed by atoms with van der Waals surface area (Å²) >= 11 is 0. The first-order valence-corrected chi connectivity index (χ1v) is 12.6. The number of carboxylic acids is 1. The van der Waals surface area contributed by atoms with Gasteiger partial charge in [0.05, 0.1) is 13.2 Å². The molecule has 0 spiro atoms. The van der Waals surface area contributed by atoms with E-state index in [-0.39, 0.29) is 0 Å². The molecule has 0 aromatic carbocycles. The number of ether oxygens (including phenoxy) is 5. The molecule has 0 saturated carbocycles. The Kier molecular flexibility index (Phi) is 10.6. The molecule has 0 aromatic heterocycles. The Labute approximate surface area is 219 Å². The molecule has 15 atom stereocenters. The zero-order chi connectivity index (χ0) is 29.4. The van der Waals surface area contributed by atoms with Crippen LogP contribution >= 0.6 is 0 Å². The fraction of sp³-hybridized carbons (Fsp3) is 0.944. The van der Waals surface area contributed by atoms with Crippen LogP contribution in [-0.2, 0) is 43.1 Å². The Morgan fingerprint density at radius 1 is 0.692 bits per heavy atom. The van der Waals surface area contributed by atoms with E-state index in [1.165, 1.54) is 0 Å². The van der Waals surface area contributed by atoms with E-state index in [0.29, 0.717) is 0 Å². The van der Waals surface area contributed by atoms with Crippen LogP contribution in [0.15, 0.2) is 0 Å². The molecule has 3 saturated heterocycles.